The SMILES string of the molecule is CO[C@]12CC[C@H](NC(=O)c3ccccc3)C[C@]1(c1cccc(OC(C)=O)c1)CCN(CC1CC1)C2. The topological polar surface area (TPSA) is 67.9 Å². The van der Waals surface area contributed by atoms with Gasteiger partial charge in [0.1, 0.15) is 5.75 Å². The normalized spacial score (nSPS) is 28.7. The largest absolute Gasteiger partial charge is 0.427 e. The highest BCUT2D eigenvalue weighted by Crippen LogP contribution is 2.54. The second-order valence-corrected chi connectivity index (χ2v) is 10.6. The fourth-order valence-corrected chi connectivity index (χ4v) is 6.42. The first-order chi connectivity index (χ1) is 16.9. The number of likely N-dealkylation sites (tertiary alicyclic amines) is 1. The van der Waals surface area contributed by atoms with Gasteiger partial charge in [0.25, 0.3) is 5.91 Å². The van der Waals surface area contributed by atoms with Crippen LogP contribution in [0.15, 0.2) is 54.6 Å². The molecule has 5 rings (SSSR count). The zero-order chi connectivity index (χ0) is 24.5. The summed E-state index contributed by atoms with van der Waals surface area (Å²) in [5.41, 5.74) is 1.16. The summed E-state index contributed by atoms with van der Waals surface area (Å²) in [4.78, 5) is 27.3. The predicted octanol–water partition coefficient (Wildman–Crippen LogP) is 4.33. The Morgan fingerprint density at radius 3 is 2.57 bits per heavy atom. The van der Waals surface area contributed by atoms with E-state index in [2.05, 4.69) is 16.3 Å². The molecule has 2 aliphatic carbocycles. The Hall–Kier alpha value is -2.70. The van der Waals surface area contributed by atoms with E-state index in [1.807, 2.05) is 55.6 Å². The summed E-state index contributed by atoms with van der Waals surface area (Å²) in [7, 11) is 1.84. The molecule has 2 saturated carbocycles. The lowest BCUT2D eigenvalue weighted by atomic mass is 9.55. The number of rotatable bonds is 7. The predicted molar refractivity (Wildman–Crippen MR) is 134 cm³/mol. The van der Waals surface area contributed by atoms with E-state index in [0.29, 0.717) is 11.3 Å². The first kappa shape index (κ1) is 24.0. The molecule has 3 aliphatic rings. The van der Waals surface area contributed by atoms with E-state index in [9.17, 15) is 9.59 Å². The van der Waals surface area contributed by atoms with Crippen LogP contribution in [0.4, 0.5) is 0 Å². The number of esters is 1. The van der Waals surface area contributed by atoms with E-state index >= 15 is 0 Å². The molecule has 1 aliphatic heterocycles. The highest BCUT2D eigenvalue weighted by Gasteiger charge is 2.59. The molecule has 1 amide bonds. The van der Waals surface area contributed by atoms with Gasteiger partial charge >= 0.3 is 5.97 Å². The van der Waals surface area contributed by atoms with Crippen molar-refractivity contribution in [1.82, 2.24) is 10.2 Å². The van der Waals surface area contributed by atoms with Crippen molar-refractivity contribution in [2.75, 3.05) is 26.7 Å². The van der Waals surface area contributed by atoms with Crippen LogP contribution in [0.2, 0.25) is 0 Å². The minimum atomic E-state index is -0.358. The summed E-state index contributed by atoms with van der Waals surface area (Å²) in [5, 5.41) is 3.31. The number of hydrogen-bond donors (Lipinski definition) is 1. The summed E-state index contributed by atoms with van der Waals surface area (Å²) in [5.74, 6) is 1.03. The van der Waals surface area contributed by atoms with E-state index < -0.39 is 0 Å². The fourth-order valence-electron chi connectivity index (χ4n) is 6.42. The van der Waals surface area contributed by atoms with Crippen molar-refractivity contribution in [3.05, 3.63) is 65.7 Å². The summed E-state index contributed by atoms with van der Waals surface area (Å²) in [6, 6.07) is 17.4. The summed E-state index contributed by atoms with van der Waals surface area (Å²) >= 11 is 0. The van der Waals surface area contributed by atoms with Crippen LogP contribution in [0.3, 0.4) is 0 Å². The second-order valence-electron chi connectivity index (χ2n) is 10.6. The smallest absolute Gasteiger partial charge is 0.308 e. The van der Waals surface area contributed by atoms with Crippen molar-refractivity contribution in [2.45, 2.75) is 62.5 Å². The minimum Gasteiger partial charge on any atom is -0.427 e. The van der Waals surface area contributed by atoms with E-state index in [0.717, 1.165) is 56.8 Å². The van der Waals surface area contributed by atoms with Crippen LogP contribution >= 0.6 is 0 Å². The van der Waals surface area contributed by atoms with Gasteiger partial charge in [0.2, 0.25) is 0 Å². The number of benzene rings is 2. The van der Waals surface area contributed by atoms with Gasteiger partial charge in [-0.1, -0.05) is 30.3 Å². The van der Waals surface area contributed by atoms with E-state index in [1.54, 1.807) is 0 Å². The number of piperidine rings is 1. The summed E-state index contributed by atoms with van der Waals surface area (Å²) < 4.78 is 11.9. The molecular weight excluding hydrogens is 440 g/mol. The number of nitrogens with one attached hydrogen (secondary N) is 1. The molecule has 6 nitrogen and oxygen atoms in total. The van der Waals surface area contributed by atoms with Crippen LogP contribution in [0.25, 0.3) is 0 Å². The van der Waals surface area contributed by atoms with Crippen LogP contribution in [0.5, 0.6) is 5.75 Å². The fraction of sp³-hybridized carbons (Fsp3) is 0.517. The average molecular weight is 477 g/mol. The van der Waals surface area contributed by atoms with Crippen molar-refractivity contribution in [1.29, 1.82) is 0 Å². The number of carbonyl (C=O) groups excluding carboxylic acids is 2. The number of fused-ring (bicyclic) bond motifs is 1. The van der Waals surface area contributed by atoms with Crippen LogP contribution in [0, 0.1) is 5.92 Å². The van der Waals surface area contributed by atoms with E-state index in [4.69, 9.17) is 9.47 Å². The zero-order valence-electron chi connectivity index (χ0n) is 20.8. The summed E-state index contributed by atoms with van der Waals surface area (Å²) in [6.45, 7) is 4.45. The Morgan fingerprint density at radius 1 is 1.06 bits per heavy atom. The molecule has 1 N–H and O–H groups in total. The lowest BCUT2D eigenvalue weighted by Gasteiger charge is -2.60. The van der Waals surface area contributed by atoms with Gasteiger partial charge in [-0.05, 0) is 80.8 Å². The maximum absolute atomic E-state index is 13.0. The molecule has 0 radical (unpaired) electrons. The Morgan fingerprint density at radius 2 is 1.86 bits per heavy atom. The number of methoxy groups -OCH3 is 1. The molecule has 3 fully saturated rings. The molecule has 35 heavy (non-hydrogen) atoms. The average Bonchev–Trinajstić information content (AvgIpc) is 3.68. The molecule has 3 atom stereocenters. The highest BCUT2D eigenvalue weighted by molar-refractivity contribution is 5.94. The van der Waals surface area contributed by atoms with Crippen molar-refractivity contribution < 1.29 is 19.1 Å². The Labute approximate surface area is 208 Å². The van der Waals surface area contributed by atoms with Crippen LogP contribution in [-0.4, -0.2) is 55.2 Å². The third-order valence-corrected chi connectivity index (χ3v) is 8.32. The third kappa shape index (κ3) is 4.87. The van der Waals surface area contributed by atoms with Gasteiger partial charge in [-0.15, -0.1) is 0 Å². The Kier molecular flexibility index (Phi) is 6.69. The van der Waals surface area contributed by atoms with Crippen molar-refractivity contribution in [3.63, 3.8) is 0 Å². The standard InChI is InChI=1S/C29H36N2O4/c1-21(32)35-26-10-6-9-24(17-26)28-15-16-31(19-22-11-12-22)20-29(28,34-2)14-13-25(18-28)30-27(33)23-7-4-3-5-8-23/h3-10,17,22,25H,11-16,18-20H2,1-2H3,(H,30,33)/t25-,28-,29-/m0/s1. The van der Waals surface area contributed by atoms with E-state index in [1.165, 1.54) is 19.8 Å². The molecule has 1 saturated heterocycles. The number of nitrogens with zero attached hydrogens (tertiary/aromatic N) is 1. The van der Waals surface area contributed by atoms with Crippen LogP contribution in [-0.2, 0) is 14.9 Å². The van der Waals surface area contributed by atoms with Crippen molar-refractivity contribution >= 4 is 11.9 Å². The lowest BCUT2D eigenvalue weighted by molar-refractivity contribution is -0.148. The van der Waals surface area contributed by atoms with Gasteiger partial charge in [0.05, 0.1) is 5.60 Å². The molecule has 186 valence electrons. The second kappa shape index (κ2) is 9.75. The molecule has 0 unspecified atom stereocenters. The maximum Gasteiger partial charge on any atom is 0.308 e. The molecule has 0 aromatic heterocycles. The molecule has 1 heterocycles. The van der Waals surface area contributed by atoms with Crippen molar-refractivity contribution in [2.24, 2.45) is 5.92 Å². The number of hydrogen-bond acceptors (Lipinski definition) is 5. The van der Waals surface area contributed by atoms with Crippen LogP contribution in [0.1, 0.15) is 61.4 Å². The first-order valence-corrected chi connectivity index (χ1v) is 12.9. The molecule has 6 heteroatoms. The van der Waals surface area contributed by atoms with Gasteiger partial charge in [0, 0.05) is 44.1 Å². The molecule has 0 spiro atoms. The summed E-state index contributed by atoms with van der Waals surface area (Å²) in [6.07, 6.45) is 6.13. The number of carbonyl (C=O) groups is 2. The Balaban J connectivity index is 1.47. The number of ether oxygens (including phenoxy) is 2. The van der Waals surface area contributed by atoms with Gasteiger partial charge in [-0.3, -0.25) is 9.59 Å². The van der Waals surface area contributed by atoms with Crippen molar-refractivity contribution in [3.8, 4) is 5.75 Å². The van der Waals surface area contributed by atoms with Gasteiger partial charge < -0.3 is 19.7 Å². The quantitative estimate of drug-likeness (QED) is 0.476. The third-order valence-electron chi connectivity index (χ3n) is 8.32. The monoisotopic (exact) mass is 476 g/mol. The van der Waals surface area contributed by atoms with E-state index in [-0.39, 0.29) is 28.9 Å². The van der Waals surface area contributed by atoms with Gasteiger partial charge in [0.15, 0.2) is 0 Å². The highest BCUT2D eigenvalue weighted by atomic mass is 16.5. The van der Waals surface area contributed by atoms with Crippen LogP contribution < -0.4 is 10.1 Å². The molecular formula is C29H36N2O4. The molecule has 0 bridgehead atoms. The minimum absolute atomic E-state index is 0.0319. The zero-order valence-corrected chi connectivity index (χ0v) is 20.8. The lowest BCUT2D eigenvalue weighted by Crippen LogP contribution is -2.68. The van der Waals surface area contributed by atoms with Gasteiger partial charge in [-0.25, -0.2) is 0 Å². The van der Waals surface area contributed by atoms with Gasteiger partial charge in [-0.2, -0.15) is 0 Å². The first-order valence-electron chi connectivity index (χ1n) is 12.9. The maximum atomic E-state index is 13.0. The molecule has 2 aromatic rings. The molecule has 2 aromatic carbocycles. The number of amides is 1. The Bertz CT molecular complexity index is 1070.